The first-order valence-corrected chi connectivity index (χ1v) is 8.05. The Morgan fingerprint density at radius 2 is 2.17 bits per heavy atom. The quantitative estimate of drug-likeness (QED) is 0.491. The largest absolute Gasteiger partial charge is 0.325 e. The molecule has 2 aromatic rings. The molecule has 1 atom stereocenters. The van der Waals surface area contributed by atoms with Crippen LogP contribution in [-0.2, 0) is 4.79 Å². The summed E-state index contributed by atoms with van der Waals surface area (Å²) in [6.07, 6.45) is 8.97. The van der Waals surface area contributed by atoms with E-state index in [1.54, 1.807) is 6.20 Å². The molecule has 23 heavy (non-hydrogen) atoms. The normalized spacial score (nSPS) is 12.0. The van der Waals surface area contributed by atoms with Gasteiger partial charge in [-0.3, -0.25) is 9.78 Å². The highest BCUT2D eigenvalue weighted by Crippen LogP contribution is 2.17. The number of unbranched alkanes of at least 4 members (excludes halogenated alkanes) is 2. The summed E-state index contributed by atoms with van der Waals surface area (Å²) in [5.41, 5.74) is 0.800. The molecule has 5 nitrogen and oxygen atoms in total. The second kappa shape index (κ2) is 9.00. The second-order valence-corrected chi connectivity index (χ2v) is 5.76. The van der Waals surface area contributed by atoms with Crippen LogP contribution in [0, 0.1) is 5.41 Å². The number of benzene rings is 1. The molecule has 122 valence electrons. The molecule has 0 saturated carbocycles. The maximum Gasteiger partial charge on any atom is 0.238 e. The third kappa shape index (κ3) is 5.79. The van der Waals surface area contributed by atoms with Gasteiger partial charge in [-0.1, -0.05) is 12.5 Å². The molecule has 0 spiro atoms. The van der Waals surface area contributed by atoms with Gasteiger partial charge in [-0.2, -0.15) is 0 Å². The van der Waals surface area contributed by atoms with Gasteiger partial charge in [0.2, 0.25) is 5.91 Å². The van der Waals surface area contributed by atoms with Gasteiger partial charge in [0.15, 0.2) is 0 Å². The lowest BCUT2D eigenvalue weighted by atomic mass is 10.1. The van der Waals surface area contributed by atoms with E-state index >= 15 is 0 Å². The average Bonchev–Trinajstić information content (AvgIpc) is 2.57. The molecule has 0 aliphatic carbocycles. The molecule has 0 bridgehead atoms. The molecule has 2 rings (SSSR count). The van der Waals surface area contributed by atoms with E-state index in [4.69, 9.17) is 5.41 Å². The van der Waals surface area contributed by atoms with Gasteiger partial charge >= 0.3 is 0 Å². The summed E-state index contributed by atoms with van der Waals surface area (Å²) in [4.78, 5) is 16.1. The van der Waals surface area contributed by atoms with Crippen molar-refractivity contribution in [2.45, 2.75) is 38.6 Å². The molecular formula is C18H24N4O. The number of carbonyl (C=O) groups is 1. The van der Waals surface area contributed by atoms with Crippen LogP contribution < -0.4 is 10.6 Å². The molecule has 1 heterocycles. The predicted octanol–water partition coefficient (Wildman–Crippen LogP) is 3.36. The van der Waals surface area contributed by atoms with Crippen LogP contribution in [0.2, 0.25) is 0 Å². The number of nitrogens with one attached hydrogen (secondary N) is 3. The van der Waals surface area contributed by atoms with Crippen LogP contribution in [0.25, 0.3) is 10.8 Å². The Labute approximate surface area is 137 Å². The molecule has 5 heteroatoms. The number of anilines is 1. The van der Waals surface area contributed by atoms with Gasteiger partial charge in [-0.15, -0.1) is 0 Å². The van der Waals surface area contributed by atoms with Crippen molar-refractivity contribution in [3.05, 3.63) is 36.7 Å². The van der Waals surface area contributed by atoms with Crippen LogP contribution in [0.1, 0.15) is 32.6 Å². The number of hydrogen-bond acceptors (Lipinski definition) is 4. The van der Waals surface area contributed by atoms with Crippen molar-refractivity contribution in [3.63, 3.8) is 0 Å². The predicted molar refractivity (Wildman–Crippen MR) is 95.1 cm³/mol. The van der Waals surface area contributed by atoms with Gasteiger partial charge in [-0.25, -0.2) is 0 Å². The summed E-state index contributed by atoms with van der Waals surface area (Å²) in [7, 11) is 0. The van der Waals surface area contributed by atoms with Crippen LogP contribution in [0.5, 0.6) is 0 Å². The lowest BCUT2D eigenvalue weighted by Crippen LogP contribution is -2.34. The Bertz CT molecular complexity index is 656. The lowest BCUT2D eigenvalue weighted by Gasteiger charge is -2.13. The van der Waals surface area contributed by atoms with Crippen LogP contribution in [0.4, 0.5) is 5.69 Å². The second-order valence-electron chi connectivity index (χ2n) is 5.76. The summed E-state index contributed by atoms with van der Waals surface area (Å²) >= 11 is 0. The van der Waals surface area contributed by atoms with E-state index in [0.717, 1.165) is 42.1 Å². The van der Waals surface area contributed by atoms with Crippen molar-refractivity contribution in [1.29, 1.82) is 5.41 Å². The van der Waals surface area contributed by atoms with Crippen LogP contribution in [-0.4, -0.2) is 29.7 Å². The minimum atomic E-state index is -0.0373. The Hall–Kier alpha value is -2.27. The molecule has 0 saturated heterocycles. The lowest BCUT2D eigenvalue weighted by molar-refractivity contribution is -0.115. The Morgan fingerprint density at radius 3 is 3.00 bits per heavy atom. The van der Waals surface area contributed by atoms with Gasteiger partial charge < -0.3 is 16.0 Å². The van der Waals surface area contributed by atoms with Crippen molar-refractivity contribution in [3.8, 4) is 0 Å². The Balaban J connectivity index is 1.76. The fourth-order valence-corrected chi connectivity index (χ4v) is 2.43. The number of aromatic nitrogens is 1. The number of hydrogen-bond donors (Lipinski definition) is 3. The van der Waals surface area contributed by atoms with Crippen molar-refractivity contribution in [1.82, 2.24) is 10.3 Å². The van der Waals surface area contributed by atoms with E-state index in [0.29, 0.717) is 12.6 Å². The van der Waals surface area contributed by atoms with E-state index < -0.39 is 0 Å². The first kappa shape index (κ1) is 17.1. The molecule has 1 aromatic heterocycles. The first-order chi connectivity index (χ1) is 11.2. The van der Waals surface area contributed by atoms with Crippen LogP contribution >= 0.6 is 0 Å². The fraction of sp³-hybridized carbons (Fsp3) is 0.389. The monoisotopic (exact) mass is 312 g/mol. The number of fused-ring (bicyclic) bond motifs is 1. The Kier molecular flexibility index (Phi) is 6.69. The number of pyridine rings is 1. The van der Waals surface area contributed by atoms with Crippen molar-refractivity contribution in [2.24, 2.45) is 0 Å². The molecule has 3 N–H and O–H groups in total. The maximum atomic E-state index is 12.0. The molecule has 1 unspecified atom stereocenters. The van der Waals surface area contributed by atoms with Gasteiger partial charge in [0, 0.05) is 29.5 Å². The number of rotatable bonds is 9. The summed E-state index contributed by atoms with van der Waals surface area (Å²) in [5.74, 6) is -0.0373. The number of carbonyl (C=O) groups excluding carboxylic acids is 1. The zero-order chi connectivity index (χ0) is 16.5. The van der Waals surface area contributed by atoms with Crippen LogP contribution in [0.3, 0.4) is 0 Å². The highest BCUT2D eigenvalue weighted by Gasteiger charge is 2.06. The number of amides is 1. The van der Waals surface area contributed by atoms with E-state index in [1.807, 2.05) is 30.5 Å². The van der Waals surface area contributed by atoms with Gasteiger partial charge in [-0.05, 0) is 56.0 Å². The zero-order valence-corrected chi connectivity index (χ0v) is 13.5. The fourth-order valence-electron chi connectivity index (χ4n) is 2.43. The van der Waals surface area contributed by atoms with Crippen molar-refractivity contribution < 1.29 is 4.79 Å². The van der Waals surface area contributed by atoms with Crippen LogP contribution in [0.15, 0.2) is 36.7 Å². The summed E-state index contributed by atoms with van der Waals surface area (Å²) in [5, 5.41) is 15.3. The summed E-state index contributed by atoms with van der Waals surface area (Å²) in [6.45, 7) is 2.39. The van der Waals surface area contributed by atoms with E-state index in [9.17, 15) is 4.79 Å². The van der Waals surface area contributed by atoms with Gasteiger partial charge in [0.25, 0.3) is 0 Å². The number of nitrogens with zero attached hydrogens (tertiary/aromatic N) is 1. The van der Waals surface area contributed by atoms with Gasteiger partial charge in [0.1, 0.15) is 0 Å². The molecule has 0 radical (unpaired) electrons. The smallest absolute Gasteiger partial charge is 0.238 e. The van der Waals surface area contributed by atoms with E-state index in [1.165, 1.54) is 6.21 Å². The molecule has 1 amide bonds. The highest BCUT2D eigenvalue weighted by molar-refractivity contribution is 5.95. The molecule has 1 aromatic carbocycles. The van der Waals surface area contributed by atoms with E-state index in [-0.39, 0.29) is 5.91 Å². The summed E-state index contributed by atoms with van der Waals surface area (Å²) < 4.78 is 0. The van der Waals surface area contributed by atoms with Gasteiger partial charge in [0.05, 0.1) is 6.54 Å². The van der Waals surface area contributed by atoms with Crippen molar-refractivity contribution >= 4 is 28.6 Å². The third-order valence-corrected chi connectivity index (χ3v) is 3.77. The van der Waals surface area contributed by atoms with E-state index in [2.05, 4.69) is 22.5 Å². The molecule has 0 aliphatic rings. The zero-order valence-electron chi connectivity index (χ0n) is 13.5. The summed E-state index contributed by atoms with van der Waals surface area (Å²) in [6, 6.07) is 8.03. The standard InChI is InChI=1S/C18H24N4O/c1-14(5-3-2-4-9-19)21-13-18(23)22-17-7-6-16-12-20-10-8-15(16)11-17/h6-12,14,19,21H,2-5,13H2,1H3,(H,22,23). The molecule has 0 fully saturated rings. The maximum absolute atomic E-state index is 12.0. The Morgan fingerprint density at radius 1 is 1.30 bits per heavy atom. The third-order valence-electron chi connectivity index (χ3n) is 3.77. The first-order valence-electron chi connectivity index (χ1n) is 8.05. The average molecular weight is 312 g/mol. The topological polar surface area (TPSA) is 77.9 Å². The van der Waals surface area contributed by atoms with Crippen molar-refractivity contribution in [2.75, 3.05) is 11.9 Å². The SMILES string of the molecule is CC(CCCCC=N)NCC(=O)Nc1ccc2cnccc2c1. The highest BCUT2D eigenvalue weighted by atomic mass is 16.1. The minimum absolute atomic E-state index is 0.0373. The minimum Gasteiger partial charge on any atom is -0.325 e. The molecular weight excluding hydrogens is 288 g/mol. The molecule has 0 aliphatic heterocycles.